The summed E-state index contributed by atoms with van der Waals surface area (Å²) in [6.45, 7) is 1.30. The molecule has 0 aliphatic rings. The van der Waals surface area contributed by atoms with Gasteiger partial charge >= 0.3 is 12.3 Å². The molecular formula is C12H13F3O5. The summed E-state index contributed by atoms with van der Waals surface area (Å²) in [6.07, 6.45) is -6.12. The monoisotopic (exact) mass is 294 g/mol. The number of carboxylic acids is 1. The van der Waals surface area contributed by atoms with Crippen LogP contribution in [-0.4, -0.2) is 36.8 Å². The molecule has 1 unspecified atom stereocenters. The fraction of sp³-hybridized carbons (Fsp3) is 0.417. The number of hydrogen-bond donors (Lipinski definition) is 1. The molecule has 0 fully saturated rings. The second kappa shape index (κ2) is 6.99. The van der Waals surface area contributed by atoms with Gasteiger partial charge in [0.05, 0.1) is 0 Å². The number of hydrogen-bond acceptors (Lipinski definition) is 4. The Balaban J connectivity index is 2.74. The number of alkyl halides is 3. The summed E-state index contributed by atoms with van der Waals surface area (Å²) >= 11 is 0. The van der Waals surface area contributed by atoms with E-state index in [1.807, 2.05) is 0 Å². The number of ether oxygens (including phenoxy) is 3. The Morgan fingerprint density at radius 3 is 2.40 bits per heavy atom. The van der Waals surface area contributed by atoms with E-state index in [1.54, 1.807) is 6.92 Å². The predicted molar refractivity (Wildman–Crippen MR) is 61.7 cm³/mol. The average molecular weight is 294 g/mol. The molecular weight excluding hydrogens is 281 g/mol. The van der Waals surface area contributed by atoms with Crippen LogP contribution in [0.25, 0.3) is 0 Å². The highest BCUT2D eigenvalue weighted by Gasteiger charge is 2.32. The molecule has 1 rings (SSSR count). The maximum absolute atomic E-state index is 12.2. The minimum atomic E-state index is -4.86. The Morgan fingerprint density at radius 1 is 1.30 bits per heavy atom. The van der Waals surface area contributed by atoms with Crippen molar-refractivity contribution in [2.75, 3.05) is 13.2 Å². The molecule has 0 spiro atoms. The van der Waals surface area contributed by atoms with Crippen LogP contribution in [-0.2, 0) is 9.53 Å². The third-order valence-electron chi connectivity index (χ3n) is 2.11. The molecule has 112 valence electrons. The molecule has 20 heavy (non-hydrogen) atoms. The van der Waals surface area contributed by atoms with Gasteiger partial charge in [0.2, 0.25) is 0 Å². The number of benzene rings is 1. The van der Waals surface area contributed by atoms with Crippen LogP contribution in [0.15, 0.2) is 24.3 Å². The number of para-hydroxylation sites is 2. The Labute approximate surface area is 112 Å². The highest BCUT2D eigenvalue weighted by molar-refractivity contribution is 5.72. The quantitative estimate of drug-likeness (QED) is 0.836. The molecule has 0 aromatic heterocycles. The highest BCUT2D eigenvalue weighted by Crippen LogP contribution is 2.31. The van der Waals surface area contributed by atoms with Crippen LogP contribution >= 0.6 is 0 Å². The summed E-state index contributed by atoms with van der Waals surface area (Å²) in [5.74, 6) is -2.02. The van der Waals surface area contributed by atoms with Gasteiger partial charge in [-0.25, -0.2) is 4.79 Å². The predicted octanol–water partition coefficient (Wildman–Crippen LogP) is 2.45. The van der Waals surface area contributed by atoms with E-state index in [9.17, 15) is 18.0 Å². The summed E-state index contributed by atoms with van der Waals surface area (Å²) in [6, 6.07) is 5.09. The molecule has 1 aromatic rings. The second-order valence-corrected chi connectivity index (χ2v) is 3.59. The van der Waals surface area contributed by atoms with E-state index in [-0.39, 0.29) is 12.4 Å². The van der Waals surface area contributed by atoms with Crippen LogP contribution in [0.5, 0.6) is 11.5 Å². The topological polar surface area (TPSA) is 65.0 Å². The third kappa shape index (κ3) is 5.35. The van der Waals surface area contributed by atoms with Gasteiger partial charge in [0.15, 0.2) is 17.6 Å². The largest absolute Gasteiger partial charge is 0.573 e. The summed E-state index contributed by atoms with van der Waals surface area (Å²) < 4.78 is 50.2. The Bertz CT molecular complexity index is 447. The van der Waals surface area contributed by atoms with Crippen molar-refractivity contribution in [1.82, 2.24) is 0 Å². The number of carbonyl (C=O) groups is 1. The molecule has 1 aromatic carbocycles. The van der Waals surface area contributed by atoms with Crippen molar-refractivity contribution in [3.8, 4) is 11.5 Å². The van der Waals surface area contributed by atoms with E-state index in [0.29, 0.717) is 0 Å². The van der Waals surface area contributed by atoms with E-state index in [2.05, 4.69) is 4.74 Å². The lowest BCUT2D eigenvalue weighted by Gasteiger charge is -2.16. The van der Waals surface area contributed by atoms with E-state index in [4.69, 9.17) is 14.6 Å². The zero-order valence-electron chi connectivity index (χ0n) is 10.5. The third-order valence-corrected chi connectivity index (χ3v) is 2.11. The van der Waals surface area contributed by atoms with Gasteiger partial charge in [-0.1, -0.05) is 12.1 Å². The van der Waals surface area contributed by atoms with Gasteiger partial charge in [-0.15, -0.1) is 13.2 Å². The first kappa shape index (κ1) is 16.1. The molecule has 0 saturated heterocycles. The lowest BCUT2D eigenvalue weighted by Crippen LogP contribution is -2.30. The molecule has 1 atom stereocenters. The van der Waals surface area contributed by atoms with Gasteiger partial charge in [0, 0.05) is 6.61 Å². The van der Waals surface area contributed by atoms with Crippen molar-refractivity contribution in [2.45, 2.75) is 19.4 Å². The molecule has 0 aliphatic heterocycles. The Morgan fingerprint density at radius 2 is 1.90 bits per heavy atom. The average Bonchev–Trinajstić information content (AvgIpc) is 2.34. The van der Waals surface area contributed by atoms with Gasteiger partial charge in [0.25, 0.3) is 0 Å². The molecule has 0 heterocycles. The van der Waals surface area contributed by atoms with Gasteiger partial charge in [-0.3, -0.25) is 0 Å². The van der Waals surface area contributed by atoms with Crippen molar-refractivity contribution >= 4 is 5.97 Å². The molecule has 5 nitrogen and oxygen atoms in total. The van der Waals surface area contributed by atoms with Crippen LogP contribution in [0.1, 0.15) is 6.92 Å². The van der Waals surface area contributed by atoms with Gasteiger partial charge in [-0.05, 0) is 19.1 Å². The normalized spacial score (nSPS) is 12.8. The SMILES string of the molecule is CCOC(COc1ccccc1OC(F)(F)F)C(=O)O. The number of carboxylic acid groups (broad SMARTS) is 1. The van der Waals surface area contributed by atoms with Crippen molar-refractivity contribution in [2.24, 2.45) is 0 Å². The van der Waals surface area contributed by atoms with E-state index < -0.39 is 30.8 Å². The zero-order chi connectivity index (χ0) is 15.2. The van der Waals surface area contributed by atoms with Crippen molar-refractivity contribution in [1.29, 1.82) is 0 Å². The van der Waals surface area contributed by atoms with Crippen molar-refractivity contribution < 1.29 is 37.3 Å². The van der Waals surface area contributed by atoms with Gasteiger partial charge in [-0.2, -0.15) is 0 Å². The smallest absolute Gasteiger partial charge is 0.486 e. The number of aliphatic carboxylic acids is 1. The Hall–Kier alpha value is -1.96. The molecule has 0 amide bonds. The van der Waals surface area contributed by atoms with Crippen LogP contribution in [0, 0.1) is 0 Å². The molecule has 0 aliphatic carbocycles. The van der Waals surface area contributed by atoms with Crippen molar-refractivity contribution in [3.05, 3.63) is 24.3 Å². The highest BCUT2D eigenvalue weighted by atomic mass is 19.4. The number of rotatable bonds is 7. The van der Waals surface area contributed by atoms with Crippen molar-refractivity contribution in [3.63, 3.8) is 0 Å². The van der Waals surface area contributed by atoms with Crippen LogP contribution < -0.4 is 9.47 Å². The molecule has 0 radical (unpaired) electrons. The summed E-state index contributed by atoms with van der Waals surface area (Å²) in [5.41, 5.74) is 0. The second-order valence-electron chi connectivity index (χ2n) is 3.59. The molecule has 0 bridgehead atoms. The van der Waals surface area contributed by atoms with Gasteiger partial charge < -0.3 is 19.3 Å². The lowest BCUT2D eigenvalue weighted by atomic mass is 10.3. The van der Waals surface area contributed by atoms with Crippen LogP contribution in [0.3, 0.4) is 0 Å². The first-order valence-corrected chi connectivity index (χ1v) is 5.65. The zero-order valence-corrected chi connectivity index (χ0v) is 10.5. The maximum atomic E-state index is 12.2. The minimum absolute atomic E-state index is 0.140. The maximum Gasteiger partial charge on any atom is 0.573 e. The fourth-order valence-corrected chi connectivity index (χ4v) is 1.34. The molecule has 1 N–H and O–H groups in total. The lowest BCUT2D eigenvalue weighted by molar-refractivity contribution is -0.275. The molecule has 8 heteroatoms. The van der Waals surface area contributed by atoms with E-state index >= 15 is 0 Å². The van der Waals surface area contributed by atoms with E-state index in [0.717, 1.165) is 6.07 Å². The summed E-state index contributed by atoms with van der Waals surface area (Å²) in [7, 11) is 0. The summed E-state index contributed by atoms with van der Waals surface area (Å²) in [5, 5.41) is 8.82. The minimum Gasteiger partial charge on any atom is -0.486 e. The fourth-order valence-electron chi connectivity index (χ4n) is 1.34. The summed E-state index contributed by atoms with van der Waals surface area (Å²) in [4.78, 5) is 10.8. The van der Waals surface area contributed by atoms with E-state index in [1.165, 1.54) is 18.2 Å². The number of halogens is 3. The first-order valence-electron chi connectivity index (χ1n) is 5.65. The van der Waals surface area contributed by atoms with Crippen LogP contribution in [0.2, 0.25) is 0 Å². The molecule has 0 saturated carbocycles. The van der Waals surface area contributed by atoms with Gasteiger partial charge in [0.1, 0.15) is 6.61 Å². The van der Waals surface area contributed by atoms with Crippen LogP contribution in [0.4, 0.5) is 13.2 Å². The Kier molecular flexibility index (Phi) is 5.63. The first-order chi connectivity index (χ1) is 9.33. The standard InChI is InChI=1S/C12H13F3O5/c1-2-18-10(11(16)17)7-19-8-5-3-4-6-9(8)20-12(13,14)15/h3-6,10H,2,7H2,1H3,(H,16,17).